The van der Waals surface area contributed by atoms with Crippen molar-refractivity contribution < 1.29 is 4.39 Å². The molecule has 0 atom stereocenters. The standard InChI is InChI=1S/C15H10FNS/c16-9-5-6-11-14(7-9)18-8-12-10-3-1-2-4-13(10)17-15(11)12/h1-7,17H,8H2. The molecule has 3 aromatic rings. The Labute approximate surface area is 108 Å². The molecule has 2 heterocycles. The fourth-order valence-corrected chi connectivity index (χ4v) is 3.67. The molecule has 4 rings (SSSR count). The average Bonchev–Trinajstić information content (AvgIpc) is 2.77. The molecule has 0 bridgehead atoms. The van der Waals surface area contributed by atoms with E-state index in [2.05, 4.69) is 23.2 Å². The number of fused-ring (bicyclic) bond motifs is 5. The molecule has 0 spiro atoms. The van der Waals surface area contributed by atoms with Gasteiger partial charge in [0.1, 0.15) is 5.82 Å². The lowest BCUT2D eigenvalue weighted by atomic mass is 10.1. The van der Waals surface area contributed by atoms with Gasteiger partial charge < -0.3 is 4.98 Å². The Morgan fingerprint density at radius 2 is 2.00 bits per heavy atom. The molecule has 0 saturated heterocycles. The van der Waals surface area contributed by atoms with Crippen LogP contribution in [0.15, 0.2) is 47.4 Å². The Balaban J connectivity index is 2.06. The predicted molar refractivity (Wildman–Crippen MR) is 73.3 cm³/mol. The molecule has 88 valence electrons. The van der Waals surface area contributed by atoms with Crippen LogP contribution in [0.1, 0.15) is 5.56 Å². The Bertz CT molecular complexity index is 760. The van der Waals surface area contributed by atoms with Crippen molar-refractivity contribution in [3.63, 3.8) is 0 Å². The second kappa shape index (κ2) is 3.62. The van der Waals surface area contributed by atoms with Crippen LogP contribution in [0.2, 0.25) is 0 Å². The molecular weight excluding hydrogens is 245 g/mol. The van der Waals surface area contributed by atoms with Crippen molar-refractivity contribution in [2.75, 3.05) is 0 Å². The Hall–Kier alpha value is -1.74. The summed E-state index contributed by atoms with van der Waals surface area (Å²) in [6.07, 6.45) is 0. The molecule has 2 aromatic carbocycles. The fraction of sp³-hybridized carbons (Fsp3) is 0.0667. The predicted octanol–water partition coefficient (Wildman–Crippen LogP) is 4.58. The average molecular weight is 255 g/mol. The van der Waals surface area contributed by atoms with E-state index in [4.69, 9.17) is 0 Å². The summed E-state index contributed by atoms with van der Waals surface area (Å²) in [6.45, 7) is 0. The van der Waals surface area contributed by atoms with Gasteiger partial charge in [-0.15, -0.1) is 11.8 Å². The van der Waals surface area contributed by atoms with Gasteiger partial charge in [-0.3, -0.25) is 0 Å². The van der Waals surface area contributed by atoms with Gasteiger partial charge in [0.15, 0.2) is 0 Å². The lowest BCUT2D eigenvalue weighted by Crippen LogP contribution is -1.94. The lowest BCUT2D eigenvalue weighted by Gasteiger charge is -2.15. The number of nitrogens with one attached hydrogen (secondary N) is 1. The second-order valence-electron chi connectivity index (χ2n) is 4.45. The van der Waals surface area contributed by atoms with E-state index in [1.807, 2.05) is 12.1 Å². The largest absolute Gasteiger partial charge is 0.354 e. The normalized spacial score (nSPS) is 13.4. The zero-order chi connectivity index (χ0) is 12.1. The van der Waals surface area contributed by atoms with Gasteiger partial charge in [0.25, 0.3) is 0 Å². The van der Waals surface area contributed by atoms with E-state index in [-0.39, 0.29) is 5.82 Å². The number of rotatable bonds is 0. The number of aromatic nitrogens is 1. The van der Waals surface area contributed by atoms with E-state index in [0.717, 1.165) is 27.4 Å². The minimum absolute atomic E-state index is 0.166. The zero-order valence-electron chi connectivity index (χ0n) is 9.53. The van der Waals surface area contributed by atoms with Gasteiger partial charge in [-0.2, -0.15) is 0 Å². The van der Waals surface area contributed by atoms with Gasteiger partial charge in [-0.05, 0) is 29.8 Å². The number of benzene rings is 2. The van der Waals surface area contributed by atoms with E-state index in [1.54, 1.807) is 17.8 Å². The summed E-state index contributed by atoms with van der Waals surface area (Å²) in [7, 11) is 0. The van der Waals surface area contributed by atoms with Crippen molar-refractivity contribution in [2.24, 2.45) is 0 Å². The highest BCUT2D eigenvalue weighted by Crippen LogP contribution is 2.44. The van der Waals surface area contributed by atoms with Crippen LogP contribution in [0.25, 0.3) is 22.2 Å². The molecule has 0 radical (unpaired) electrons. The van der Waals surface area contributed by atoms with E-state index in [1.165, 1.54) is 17.0 Å². The summed E-state index contributed by atoms with van der Waals surface area (Å²) in [5, 5.41) is 1.27. The van der Waals surface area contributed by atoms with Crippen molar-refractivity contribution in [2.45, 2.75) is 10.6 Å². The zero-order valence-corrected chi connectivity index (χ0v) is 10.4. The van der Waals surface area contributed by atoms with E-state index < -0.39 is 0 Å². The van der Waals surface area contributed by atoms with Crippen molar-refractivity contribution in [1.29, 1.82) is 0 Å². The van der Waals surface area contributed by atoms with Crippen LogP contribution in [0, 0.1) is 5.82 Å². The lowest BCUT2D eigenvalue weighted by molar-refractivity contribution is 0.624. The van der Waals surface area contributed by atoms with Crippen molar-refractivity contribution in [3.8, 4) is 11.3 Å². The van der Waals surface area contributed by atoms with Gasteiger partial charge in [-0.25, -0.2) is 4.39 Å². The SMILES string of the molecule is Fc1ccc2c(c1)SCc1c-2[nH]c2ccccc12. The van der Waals surface area contributed by atoms with Crippen LogP contribution in [0.5, 0.6) is 0 Å². The Kier molecular flexibility index (Phi) is 2.06. The van der Waals surface area contributed by atoms with Crippen molar-refractivity contribution >= 4 is 22.7 Å². The third kappa shape index (κ3) is 1.34. The molecule has 3 heteroatoms. The second-order valence-corrected chi connectivity index (χ2v) is 5.47. The Morgan fingerprint density at radius 1 is 1.11 bits per heavy atom. The molecule has 1 aliphatic heterocycles. The van der Waals surface area contributed by atoms with Crippen molar-refractivity contribution in [3.05, 3.63) is 53.8 Å². The molecular formula is C15H10FNS. The summed E-state index contributed by atoms with van der Waals surface area (Å²) in [5.41, 5.74) is 4.73. The number of halogens is 1. The third-order valence-corrected chi connectivity index (χ3v) is 4.48. The molecule has 1 aliphatic rings. The van der Waals surface area contributed by atoms with Crippen LogP contribution in [0.3, 0.4) is 0 Å². The monoisotopic (exact) mass is 255 g/mol. The van der Waals surface area contributed by atoms with E-state index >= 15 is 0 Å². The smallest absolute Gasteiger partial charge is 0.124 e. The molecule has 0 fully saturated rings. The molecule has 0 unspecified atom stereocenters. The first-order valence-electron chi connectivity index (χ1n) is 5.85. The van der Waals surface area contributed by atoms with Crippen LogP contribution in [-0.2, 0) is 5.75 Å². The molecule has 1 aromatic heterocycles. The number of para-hydroxylation sites is 1. The van der Waals surface area contributed by atoms with E-state index in [9.17, 15) is 4.39 Å². The molecule has 0 aliphatic carbocycles. The van der Waals surface area contributed by atoms with Gasteiger partial charge >= 0.3 is 0 Å². The minimum atomic E-state index is -0.166. The number of thioether (sulfide) groups is 1. The fourth-order valence-electron chi connectivity index (χ4n) is 2.55. The maximum Gasteiger partial charge on any atom is 0.124 e. The number of hydrogen-bond donors (Lipinski definition) is 1. The summed E-state index contributed by atoms with van der Waals surface area (Å²) >= 11 is 1.71. The molecule has 18 heavy (non-hydrogen) atoms. The highest BCUT2D eigenvalue weighted by molar-refractivity contribution is 7.98. The number of aromatic amines is 1. The van der Waals surface area contributed by atoms with Crippen LogP contribution in [0.4, 0.5) is 4.39 Å². The molecule has 0 amide bonds. The van der Waals surface area contributed by atoms with Gasteiger partial charge in [0, 0.05) is 27.1 Å². The minimum Gasteiger partial charge on any atom is -0.354 e. The number of H-pyrrole nitrogens is 1. The van der Waals surface area contributed by atoms with Gasteiger partial charge in [-0.1, -0.05) is 18.2 Å². The van der Waals surface area contributed by atoms with Crippen LogP contribution < -0.4 is 0 Å². The first-order valence-corrected chi connectivity index (χ1v) is 6.84. The first-order chi connectivity index (χ1) is 8.83. The van der Waals surface area contributed by atoms with Gasteiger partial charge in [0.05, 0.1) is 5.69 Å². The highest BCUT2D eigenvalue weighted by Gasteiger charge is 2.21. The maximum atomic E-state index is 13.3. The highest BCUT2D eigenvalue weighted by atomic mass is 32.2. The summed E-state index contributed by atoms with van der Waals surface area (Å²) in [4.78, 5) is 4.48. The maximum absolute atomic E-state index is 13.3. The molecule has 1 nitrogen and oxygen atoms in total. The quantitative estimate of drug-likeness (QED) is 0.621. The third-order valence-electron chi connectivity index (χ3n) is 3.40. The summed E-state index contributed by atoms with van der Waals surface area (Å²) in [6, 6.07) is 13.3. The van der Waals surface area contributed by atoms with E-state index in [0.29, 0.717) is 0 Å². The first kappa shape index (κ1) is 10.2. The van der Waals surface area contributed by atoms with Crippen LogP contribution >= 0.6 is 11.8 Å². The topological polar surface area (TPSA) is 15.8 Å². The van der Waals surface area contributed by atoms with Crippen molar-refractivity contribution in [1.82, 2.24) is 4.98 Å². The van der Waals surface area contributed by atoms with Crippen LogP contribution in [-0.4, -0.2) is 4.98 Å². The molecule has 0 saturated carbocycles. The summed E-state index contributed by atoms with van der Waals surface area (Å²) < 4.78 is 13.3. The van der Waals surface area contributed by atoms with Gasteiger partial charge in [0.2, 0.25) is 0 Å². The summed E-state index contributed by atoms with van der Waals surface area (Å²) in [5.74, 6) is 0.733. The number of hydrogen-bond acceptors (Lipinski definition) is 1. The Morgan fingerprint density at radius 3 is 2.94 bits per heavy atom. The molecule has 1 N–H and O–H groups in total.